The maximum absolute atomic E-state index is 13.9. The molecule has 312 valence electrons. The molecule has 5 heterocycles. The second-order valence-electron chi connectivity index (χ2n) is 15.4. The average Bonchev–Trinajstić information content (AvgIpc) is 4.15. The van der Waals surface area contributed by atoms with E-state index >= 15 is 0 Å². The Balaban J connectivity index is 0.918. The molecule has 0 unspecified atom stereocenters. The molecule has 2 fully saturated rings. The van der Waals surface area contributed by atoms with Crippen LogP contribution in [-0.4, -0.2) is 87.8 Å². The zero-order valence-electron chi connectivity index (χ0n) is 34.3. The molecule has 4 atom stereocenters. The molecule has 3 aliphatic rings. The number of alkyl carbamates (subject to hydrolysis) is 2. The molecule has 5 aromatic rings. The maximum Gasteiger partial charge on any atom is 0.407 e. The van der Waals surface area contributed by atoms with Crippen LogP contribution in [0.5, 0.6) is 0 Å². The van der Waals surface area contributed by atoms with Crippen molar-refractivity contribution in [3.05, 3.63) is 138 Å². The molecule has 0 aliphatic carbocycles. The number of likely N-dealkylation sites (tertiary alicyclic amines) is 2. The lowest BCUT2D eigenvalue weighted by atomic mass is 9.97. The van der Waals surface area contributed by atoms with Gasteiger partial charge in [-0.3, -0.25) is 19.6 Å². The van der Waals surface area contributed by atoms with E-state index in [0.29, 0.717) is 36.5 Å². The summed E-state index contributed by atoms with van der Waals surface area (Å²) < 4.78 is 9.67. The number of aromatic nitrogens is 3. The highest BCUT2D eigenvalue weighted by Gasteiger charge is 2.39. The number of benzene rings is 3. The third-order valence-corrected chi connectivity index (χ3v) is 11.7. The molecule has 0 radical (unpaired) electrons. The van der Waals surface area contributed by atoms with Gasteiger partial charge in [0.15, 0.2) is 0 Å². The fourth-order valence-corrected chi connectivity index (χ4v) is 8.59. The Bertz CT molecular complexity index is 2470. The van der Waals surface area contributed by atoms with Gasteiger partial charge >= 0.3 is 12.2 Å². The van der Waals surface area contributed by atoms with Gasteiger partial charge in [-0.2, -0.15) is 0 Å². The predicted molar refractivity (Wildman–Crippen MR) is 230 cm³/mol. The highest BCUT2D eigenvalue weighted by molar-refractivity contribution is 6.04. The molecule has 0 bridgehead atoms. The van der Waals surface area contributed by atoms with Crippen LogP contribution < -0.4 is 10.6 Å². The predicted octanol–water partition coefficient (Wildman–Crippen LogP) is 7.48. The van der Waals surface area contributed by atoms with Crippen LogP contribution in [0, 0.1) is 6.92 Å². The fourth-order valence-electron chi connectivity index (χ4n) is 8.59. The molecular formula is C47H48N8O6. The van der Waals surface area contributed by atoms with E-state index < -0.39 is 24.3 Å². The van der Waals surface area contributed by atoms with Crippen molar-refractivity contribution in [3.63, 3.8) is 0 Å². The molecule has 3 N–H and O–H groups in total. The summed E-state index contributed by atoms with van der Waals surface area (Å²) in [7, 11) is 2.56. The number of amides is 4. The zero-order chi connectivity index (χ0) is 42.5. The van der Waals surface area contributed by atoms with Gasteiger partial charge in [0.1, 0.15) is 17.9 Å². The van der Waals surface area contributed by atoms with Crippen molar-refractivity contribution in [3.8, 4) is 22.5 Å². The molecule has 8 rings (SSSR count). The van der Waals surface area contributed by atoms with E-state index in [1.165, 1.54) is 14.2 Å². The van der Waals surface area contributed by atoms with Crippen molar-refractivity contribution in [1.82, 2.24) is 35.4 Å². The maximum atomic E-state index is 13.9. The molecule has 0 saturated carbocycles. The summed E-state index contributed by atoms with van der Waals surface area (Å²) in [5.74, 6) is 0.285. The second-order valence-corrected chi connectivity index (χ2v) is 15.4. The van der Waals surface area contributed by atoms with Gasteiger partial charge in [-0.05, 0) is 78.1 Å². The Morgan fingerprint density at radius 1 is 0.721 bits per heavy atom. The van der Waals surface area contributed by atoms with Crippen LogP contribution in [-0.2, 0) is 19.1 Å². The first-order chi connectivity index (χ1) is 29.7. The first-order valence-corrected chi connectivity index (χ1v) is 20.5. The van der Waals surface area contributed by atoms with Gasteiger partial charge in [0.2, 0.25) is 5.91 Å². The monoisotopic (exact) mass is 820 g/mol. The first kappa shape index (κ1) is 40.7. The smallest absolute Gasteiger partial charge is 0.407 e. The lowest BCUT2D eigenvalue weighted by molar-refractivity contribution is -0.135. The Hall–Kier alpha value is -7.09. The van der Waals surface area contributed by atoms with Crippen LogP contribution in [0.1, 0.15) is 78.3 Å². The van der Waals surface area contributed by atoms with Crippen molar-refractivity contribution >= 4 is 35.3 Å². The molecule has 0 spiro atoms. The molecule has 3 aliphatic heterocycles. The molecule has 2 saturated heterocycles. The van der Waals surface area contributed by atoms with Gasteiger partial charge in [-0.15, -0.1) is 0 Å². The SMILES string of the molecule is COC(=O)N[C@@H](C(=O)N1CCC[C@H]1C1=NC=C(c2ccc(-c3ccc(-c4cnc([C@@H]5CCCN5C(=O)[C@H](NC(=O)OC)c5ccccc5)[nH]4)cc3C)nc2)C1)c1ccccc1. The number of aromatic amines is 1. The van der Waals surface area contributed by atoms with Crippen LogP contribution in [0.25, 0.3) is 28.1 Å². The quantitative estimate of drug-likeness (QED) is 0.123. The molecule has 14 heteroatoms. The van der Waals surface area contributed by atoms with Crippen molar-refractivity contribution in [2.45, 2.75) is 63.2 Å². The molecule has 4 amide bonds. The van der Waals surface area contributed by atoms with E-state index in [0.717, 1.165) is 70.6 Å². The molecule has 14 nitrogen and oxygen atoms in total. The Morgan fingerprint density at radius 3 is 1.89 bits per heavy atom. The molecule has 2 aromatic heterocycles. The van der Waals surface area contributed by atoms with Crippen LogP contribution >= 0.6 is 0 Å². The van der Waals surface area contributed by atoms with Crippen LogP contribution in [0.4, 0.5) is 9.59 Å². The van der Waals surface area contributed by atoms with Crippen molar-refractivity contribution in [2.75, 3.05) is 27.3 Å². The van der Waals surface area contributed by atoms with Gasteiger partial charge in [-0.25, -0.2) is 14.6 Å². The van der Waals surface area contributed by atoms with E-state index in [9.17, 15) is 19.2 Å². The summed E-state index contributed by atoms with van der Waals surface area (Å²) in [6.07, 6.45) is 7.98. The van der Waals surface area contributed by atoms with Crippen LogP contribution in [0.2, 0.25) is 0 Å². The number of allylic oxidation sites excluding steroid dienone is 1. The lowest BCUT2D eigenvalue weighted by Gasteiger charge is -2.29. The number of hydrogen-bond donors (Lipinski definition) is 3. The Kier molecular flexibility index (Phi) is 12.0. The minimum Gasteiger partial charge on any atom is -0.453 e. The highest BCUT2D eigenvalue weighted by atomic mass is 16.5. The topological polar surface area (TPSA) is 171 Å². The summed E-state index contributed by atoms with van der Waals surface area (Å²) in [5.41, 5.74) is 8.94. The van der Waals surface area contributed by atoms with Crippen molar-refractivity contribution < 1.29 is 28.7 Å². The lowest BCUT2D eigenvalue weighted by Crippen LogP contribution is -2.47. The Labute approximate surface area is 354 Å². The van der Waals surface area contributed by atoms with Gasteiger partial charge in [0.25, 0.3) is 5.91 Å². The summed E-state index contributed by atoms with van der Waals surface area (Å²) in [5, 5.41) is 5.44. The number of carbonyl (C=O) groups is 4. The third-order valence-electron chi connectivity index (χ3n) is 11.7. The summed E-state index contributed by atoms with van der Waals surface area (Å²) in [6.45, 7) is 3.18. The minimum atomic E-state index is -0.889. The van der Waals surface area contributed by atoms with Gasteiger partial charge < -0.3 is 34.9 Å². The zero-order valence-corrected chi connectivity index (χ0v) is 34.3. The van der Waals surface area contributed by atoms with Gasteiger partial charge in [-0.1, -0.05) is 78.9 Å². The number of nitrogens with one attached hydrogen (secondary N) is 3. The van der Waals surface area contributed by atoms with E-state index in [4.69, 9.17) is 24.4 Å². The first-order valence-electron chi connectivity index (χ1n) is 20.5. The number of imidazole rings is 1. The summed E-state index contributed by atoms with van der Waals surface area (Å²) >= 11 is 0. The van der Waals surface area contributed by atoms with E-state index in [-0.39, 0.29) is 23.9 Å². The van der Waals surface area contributed by atoms with Crippen molar-refractivity contribution in [1.29, 1.82) is 0 Å². The standard InChI is InChI=1S/C47H48N8O6/c1-29-24-32(38-28-50-43(51-38)40-17-11-23-55(40)45(57)42(53-47(59)61-3)31-14-8-5-9-15-31)18-20-35(29)36-21-19-33(26-48-36)34-25-37(49-27-34)39-16-10-22-54(39)44(56)41(52-46(58)60-2)30-12-6-4-7-13-30/h4-9,12-15,18-21,24,26-28,39-42H,10-11,16-17,22-23,25H2,1-3H3,(H,50,51)(H,52,58)(H,53,59)/t39-,40-,41+,42+/m0/s1. The largest absolute Gasteiger partial charge is 0.453 e. The number of methoxy groups -OCH3 is 2. The van der Waals surface area contributed by atoms with E-state index in [1.54, 1.807) is 11.1 Å². The minimum absolute atomic E-state index is 0.173. The number of ether oxygens (including phenoxy) is 2. The number of carbonyl (C=O) groups excluding carboxylic acids is 4. The number of pyridine rings is 1. The Morgan fingerprint density at radius 2 is 1.31 bits per heavy atom. The van der Waals surface area contributed by atoms with E-state index in [1.807, 2.05) is 90.1 Å². The number of aryl methyl sites for hydroxylation is 1. The molecule has 61 heavy (non-hydrogen) atoms. The fraction of sp³-hybridized carbons (Fsp3) is 0.298. The van der Waals surface area contributed by atoms with E-state index in [2.05, 4.69) is 40.7 Å². The third kappa shape index (κ3) is 8.65. The number of rotatable bonds is 11. The molecular weight excluding hydrogens is 773 g/mol. The number of nitrogens with zero attached hydrogens (tertiary/aromatic N) is 5. The van der Waals surface area contributed by atoms with Gasteiger partial charge in [0.05, 0.1) is 43.9 Å². The summed E-state index contributed by atoms with van der Waals surface area (Å²) in [6, 6.07) is 26.4. The van der Waals surface area contributed by atoms with Gasteiger partial charge in [0, 0.05) is 43.2 Å². The molecule has 3 aromatic carbocycles. The summed E-state index contributed by atoms with van der Waals surface area (Å²) in [4.78, 5) is 73.8. The van der Waals surface area contributed by atoms with Crippen molar-refractivity contribution in [2.24, 2.45) is 4.99 Å². The number of aliphatic imine (C=N–C) groups is 1. The second kappa shape index (κ2) is 18.0. The number of hydrogen-bond acceptors (Lipinski definition) is 9. The van der Waals surface area contributed by atoms with Crippen LogP contribution in [0.3, 0.4) is 0 Å². The highest BCUT2D eigenvalue weighted by Crippen LogP contribution is 2.36. The normalized spacial score (nSPS) is 18.2. The van der Waals surface area contributed by atoms with Crippen LogP contribution in [0.15, 0.2) is 115 Å². The number of H-pyrrole nitrogens is 1. The average molecular weight is 821 g/mol.